The summed E-state index contributed by atoms with van der Waals surface area (Å²) >= 11 is 0. The van der Waals surface area contributed by atoms with Gasteiger partial charge < -0.3 is 15.3 Å². The van der Waals surface area contributed by atoms with Crippen molar-refractivity contribution in [2.45, 2.75) is 26.2 Å². The maximum Gasteiger partial charge on any atom is 0.321 e. The lowest BCUT2D eigenvalue weighted by atomic mass is 9.77. The molecule has 0 aromatic carbocycles. The average Bonchev–Trinajstić information content (AvgIpc) is 2.48. The predicted molar refractivity (Wildman–Crippen MR) is 73.9 cm³/mol. The molecule has 1 saturated heterocycles. The van der Waals surface area contributed by atoms with Crippen molar-refractivity contribution in [1.29, 1.82) is 0 Å². The lowest BCUT2D eigenvalue weighted by Crippen LogP contribution is -2.46. The van der Waals surface area contributed by atoms with Crippen molar-refractivity contribution in [3.63, 3.8) is 0 Å². The second-order valence-corrected chi connectivity index (χ2v) is 5.16. The molecule has 0 spiro atoms. The number of amides is 2. The van der Waals surface area contributed by atoms with E-state index in [-0.39, 0.29) is 18.1 Å². The number of carbonyl (C=O) groups is 1. The van der Waals surface area contributed by atoms with E-state index in [4.69, 9.17) is 0 Å². The Morgan fingerprint density at radius 1 is 1.42 bits per heavy atom. The van der Waals surface area contributed by atoms with Gasteiger partial charge in [0.2, 0.25) is 0 Å². The Morgan fingerprint density at radius 2 is 2.05 bits per heavy atom. The molecule has 2 heterocycles. The molecule has 5 heteroatoms. The van der Waals surface area contributed by atoms with Gasteiger partial charge in [-0.2, -0.15) is 0 Å². The second-order valence-electron chi connectivity index (χ2n) is 5.16. The lowest BCUT2D eigenvalue weighted by Gasteiger charge is -2.40. The first-order valence-corrected chi connectivity index (χ1v) is 6.76. The first kappa shape index (κ1) is 13.8. The number of nitrogens with one attached hydrogen (secondary N) is 1. The van der Waals surface area contributed by atoms with Crippen LogP contribution in [-0.2, 0) is 0 Å². The Labute approximate surface area is 113 Å². The highest BCUT2D eigenvalue weighted by Crippen LogP contribution is 2.34. The molecule has 2 amide bonds. The fourth-order valence-corrected chi connectivity index (χ4v) is 2.45. The fraction of sp³-hybridized carbons (Fsp3) is 0.571. The molecular formula is C14H21N3O2. The van der Waals surface area contributed by atoms with E-state index in [1.165, 1.54) is 0 Å². The molecule has 0 bridgehead atoms. The van der Waals surface area contributed by atoms with E-state index >= 15 is 0 Å². The number of pyridine rings is 1. The molecule has 104 valence electrons. The molecule has 0 unspecified atom stereocenters. The van der Waals surface area contributed by atoms with E-state index in [9.17, 15) is 9.90 Å². The number of anilines is 1. The van der Waals surface area contributed by atoms with Crippen molar-refractivity contribution < 1.29 is 9.90 Å². The summed E-state index contributed by atoms with van der Waals surface area (Å²) < 4.78 is 0. The van der Waals surface area contributed by atoms with Gasteiger partial charge in [-0.1, -0.05) is 6.92 Å². The summed E-state index contributed by atoms with van der Waals surface area (Å²) in [7, 11) is 0. The van der Waals surface area contributed by atoms with Gasteiger partial charge in [0.15, 0.2) is 0 Å². The monoisotopic (exact) mass is 263 g/mol. The number of hydrogen-bond donors (Lipinski definition) is 2. The summed E-state index contributed by atoms with van der Waals surface area (Å²) in [5.74, 6) is 0. The van der Waals surface area contributed by atoms with E-state index in [0.29, 0.717) is 13.1 Å². The third kappa shape index (κ3) is 3.23. The number of carbonyl (C=O) groups excluding carboxylic acids is 1. The Balaban J connectivity index is 1.89. The fourth-order valence-electron chi connectivity index (χ4n) is 2.45. The Kier molecular flexibility index (Phi) is 4.37. The van der Waals surface area contributed by atoms with Crippen molar-refractivity contribution >= 4 is 11.7 Å². The number of nitrogens with zero attached hydrogens (tertiary/aromatic N) is 2. The SMILES string of the molecule is CCC1(CO)CCN(C(=O)Nc2ccncc2)CC1. The highest BCUT2D eigenvalue weighted by Gasteiger charge is 2.33. The van der Waals surface area contributed by atoms with Gasteiger partial charge in [-0.3, -0.25) is 4.98 Å². The quantitative estimate of drug-likeness (QED) is 0.877. The topological polar surface area (TPSA) is 65.5 Å². The third-order valence-corrected chi connectivity index (χ3v) is 4.13. The summed E-state index contributed by atoms with van der Waals surface area (Å²) in [6, 6.07) is 3.46. The molecule has 0 radical (unpaired) electrons. The Bertz CT molecular complexity index is 408. The number of aliphatic hydroxyl groups is 1. The molecule has 0 saturated carbocycles. The van der Waals surface area contributed by atoms with E-state index < -0.39 is 0 Å². The first-order chi connectivity index (χ1) is 9.19. The molecule has 0 aliphatic carbocycles. The number of likely N-dealkylation sites (tertiary alicyclic amines) is 1. The summed E-state index contributed by atoms with van der Waals surface area (Å²) in [4.78, 5) is 17.8. The number of aromatic nitrogens is 1. The molecule has 2 rings (SSSR count). The van der Waals surface area contributed by atoms with E-state index in [0.717, 1.165) is 24.9 Å². The van der Waals surface area contributed by atoms with Crippen molar-refractivity contribution in [2.75, 3.05) is 25.0 Å². The molecule has 1 fully saturated rings. The van der Waals surface area contributed by atoms with Crippen LogP contribution >= 0.6 is 0 Å². The molecule has 19 heavy (non-hydrogen) atoms. The van der Waals surface area contributed by atoms with Crippen LogP contribution in [0, 0.1) is 5.41 Å². The first-order valence-electron chi connectivity index (χ1n) is 6.76. The zero-order chi connectivity index (χ0) is 13.7. The average molecular weight is 263 g/mol. The van der Waals surface area contributed by atoms with Gasteiger partial charge in [-0.05, 0) is 36.8 Å². The standard InChI is InChI=1S/C14H21N3O2/c1-2-14(11-18)5-9-17(10-6-14)13(19)16-12-3-7-15-8-4-12/h3-4,7-8,18H,2,5-6,9-11H2,1H3,(H,15,16,19). The van der Waals surface area contributed by atoms with Crippen LogP contribution in [0.4, 0.5) is 10.5 Å². The Hall–Kier alpha value is -1.62. The van der Waals surface area contributed by atoms with E-state index in [2.05, 4.69) is 17.2 Å². The number of urea groups is 1. The maximum absolute atomic E-state index is 12.1. The second kappa shape index (κ2) is 6.02. The molecule has 1 aliphatic rings. The number of rotatable bonds is 3. The van der Waals surface area contributed by atoms with Crippen molar-refractivity contribution in [1.82, 2.24) is 9.88 Å². The van der Waals surface area contributed by atoms with E-state index in [1.807, 2.05) is 4.90 Å². The lowest BCUT2D eigenvalue weighted by molar-refractivity contribution is 0.0542. The largest absolute Gasteiger partial charge is 0.396 e. The van der Waals surface area contributed by atoms with Gasteiger partial charge in [0.1, 0.15) is 0 Å². The minimum atomic E-state index is -0.0751. The zero-order valence-corrected chi connectivity index (χ0v) is 11.3. The molecular weight excluding hydrogens is 242 g/mol. The zero-order valence-electron chi connectivity index (χ0n) is 11.3. The van der Waals surface area contributed by atoms with Crippen LogP contribution in [0.3, 0.4) is 0 Å². The molecule has 2 N–H and O–H groups in total. The third-order valence-electron chi connectivity index (χ3n) is 4.13. The van der Waals surface area contributed by atoms with Crippen LogP contribution in [0.15, 0.2) is 24.5 Å². The van der Waals surface area contributed by atoms with Crippen molar-refractivity contribution in [3.05, 3.63) is 24.5 Å². The summed E-state index contributed by atoms with van der Waals surface area (Å²) in [5.41, 5.74) is 0.766. The van der Waals surface area contributed by atoms with Crippen molar-refractivity contribution in [2.24, 2.45) is 5.41 Å². The predicted octanol–water partition coefficient (Wildman–Crippen LogP) is 2.10. The molecule has 5 nitrogen and oxygen atoms in total. The normalized spacial score (nSPS) is 18.1. The summed E-state index contributed by atoms with van der Waals surface area (Å²) in [6.07, 6.45) is 6.00. The molecule has 1 aromatic rings. The molecule has 1 aliphatic heterocycles. The van der Waals surface area contributed by atoms with Gasteiger partial charge in [0.05, 0.1) is 0 Å². The van der Waals surface area contributed by atoms with Crippen LogP contribution in [-0.4, -0.2) is 40.7 Å². The van der Waals surface area contributed by atoms with Crippen LogP contribution in [0.2, 0.25) is 0 Å². The number of piperidine rings is 1. The minimum absolute atomic E-state index is 0.00739. The smallest absolute Gasteiger partial charge is 0.321 e. The van der Waals surface area contributed by atoms with Gasteiger partial charge in [0.25, 0.3) is 0 Å². The maximum atomic E-state index is 12.1. The van der Waals surface area contributed by atoms with Gasteiger partial charge in [0, 0.05) is 37.8 Å². The highest BCUT2D eigenvalue weighted by atomic mass is 16.3. The van der Waals surface area contributed by atoms with Crippen LogP contribution in [0.1, 0.15) is 26.2 Å². The van der Waals surface area contributed by atoms with Gasteiger partial charge >= 0.3 is 6.03 Å². The van der Waals surface area contributed by atoms with Crippen LogP contribution in [0.25, 0.3) is 0 Å². The van der Waals surface area contributed by atoms with Crippen LogP contribution in [0.5, 0.6) is 0 Å². The number of aliphatic hydroxyl groups excluding tert-OH is 1. The van der Waals surface area contributed by atoms with Gasteiger partial charge in [-0.25, -0.2) is 4.79 Å². The minimum Gasteiger partial charge on any atom is -0.396 e. The van der Waals surface area contributed by atoms with Gasteiger partial charge in [-0.15, -0.1) is 0 Å². The molecule has 0 atom stereocenters. The molecule has 1 aromatic heterocycles. The summed E-state index contributed by atoms with van der Waals surface area (Å²) in [5, 5.41) is 12.3. The van der Waals surface area contributed by atoms with Crippen LogP contribution < -0.4 is 5.32 Å². The van der Waals surface area contributed by atoms with E-state index in [1.54, 1.807) is 24.5 Å². The Morgan fingerprint density at radius 3 is 2.58 bits per heavy atom. The highest BCUT2D eigenvalue weighted by molar-refractivity contribution is 5.89. The summed E-state index contributed by atoms with van der Waals surface area (Å²) in [6.45, 7) is 3.71. The number of hydrogen-bond acceptors (Lipinski definition) is 3. The van der Waals surface area contributed by atoms with Crippen molar-refractivity contribution in [3.8, 4) is 0 Å².